The number of hydrogen-bond donors (Lipinski definition) is 1. The van der Waals surface area contributed by atoms with E-state index in [4.69, 9.17) is 0 Å². The highest BCUT2D eigenvalue weighted by Crippen LogP contribution is 2.24. The van der Waals surface area contributed by atoms with E-state index in [0.717, 1.165) is 23.4 Å². The Hall–Kier alpha value is -2.80. The number of benzene rings is 1. The minimum absolute atomic E-state index is 0.198. The maximum absolute atomic E-state index is 12.4. The number of nitrogens with zero attached hydrogens (tertiary/aromatic N) is 3. The summed E-state index contributed by atoms with van der Waals surface area (Å²) in [6.45, 7) is 2.55. The van der Waals surface area contributed by atoms with Crippen LogP contribution in [0.3, 0.4) is 0 Å². The molecule has 1 amide bonds. The molecule has 2 aromatic heterocycles. The van der Waals surface area contributed by atoms with Crippen LogP contribution in [0.2, 0.25) is 0 Å². The molecule has 3 aromatic rings. The van der Waals surface area contributed by atoms with Gasteiger partial charge in [-0.05, 0) is 24.6 Å². The van der Waals surface area contributed by atoms with Gasteiger partial charge >= 0.3 is 0 Å². The SMILES string of the molecule is CCCCn1nc(C(=O)Nc2cccc(-c3nccs3)c2)ccc1=O. The topological polar surface area (TPSA) is 76.9 Å². The molecule has 0 atom stereocenters. The second-order valence-electron chi connectivity index (χ2n) is 5.51. The maximum atomic E-state index is 12.4. The third-order valence-corrected chi connectivity index (χ3v) is 4.44. The summed E-state index contributed by atoms with van der Waals surface area (Å²) < 4.78 is 1.34. The van der Waals surface area contributed by atoms with E-state index in [1.54, 1.807) is 6.20 Å². The highest BCUT2D eigenvalue weighted by Gasteiger charge is 2.11. The molecule has 0 aliphatic rings. The van der Waals surface area contributed by atoms with Crippen molar-refractivity contribution in [3.8, 4) is 10.6 Å². The lowest BCUT2D eigenvalue weighted by Crippen LogP contribution is -2.26. The first-order chi connectivity index (χ1) is 12.2. The van der Waals surface area contributed by atoms with Crippen molar-refractivity contribution in [1.82, 2.24) is 14.8 Å². The van der Waals surface area contributed by atoms with Gasteiger partial charge < -0.3 is 5.32 Å². The molecule has 2 heterocycles. The maximum Gasteiger partial charge on any atom is 0.276 e. The van der Waals surface area contributed by atoms with Gasteiger partial charge in [0.15, 0.2) is 0 Å². The number of carbonyl (C=O) groups excluding carboxylic acids is 1. The van der Waals surface area contributed by atoms with Gasteiger partial charge in [0.2, 0.25) is 0 Å². The summed E-state index contributed by atoms with van der Waals surface area (Å²) in [5.41, 5.74) is 1.62. The van der Waals surface area contributed by atoms with Gasteiger partial charge in [-0.25, -0.2) is 9.67 Å². The van der Waals surface area contributed by atoms with Crippen molar-refractivity contribution in [2.24, 2.45) is 0 Å². The summed E-state index contributed by atoms with van der Waals surface area (Å²) in [7, 11) is 0. The van der Waals surface area contributed by atoms with E-state index in [9.17, 15) is 9.59 Å². The molecule has 6 nitrogen and oxygen atoms in total. The molecule has 3 rings (SSSR count). The fourth-order valence-electron chi connectivity index (χ4n) is 2.33. The van der Waals surface area contributed by atoms with Crippen molar-refractivity contribution in [2.45, 2.75) is 26.3 Å². The van der Waals surface area contributed by atoms with Gasteiger partial charge in [-0.2, -0.15) is 5.10 Å². The Balaban J connectivity index is 1.78. The van der Waals surface area contributed by atoms with Crippen molar-refractivity contribution in [2.75, 3.05) is 5.32 Å². The molecule has 128 valence electrons. The number of aromatic nitrogens is 3. The Kier molecular flexibility index (Phi) is 5.35. The number of anilines is 1. The number of hydrogen-bond acceptors (Lipinski definition) is 5. The van der Waals surface area contributed by atoms with Crippen LogP contribution in [0.1, 0.15) is 30.3 Å². The van der Waals surface area contributed by atoms with E-state index in [1.807, 2.05) is 36.6 Å². The van der Waals surface area contributed by atoms with E-state index in [2.05, 4.69) is 15.4 Å². The molecule has 1 aromatic carbocycles. The molecule has 0 radical (unpaired) electrons. The molecule has 0 unspecified atom stereocenters. The summed E-state index contributed by atoms with van der Waals surface area (Å²) in [5, 5.41) is 9.78. The minimum Gasteiger partial charge on any atom is -0.321 e. The Labute approximate surface area is 149 Å². The Bertz CT molecular complexity index is 919. The second kappa shape index (κ2) is 7.85. The normalized spacial score (nSPS) is 10.6. The van der Waals surface area contributed by atoms with Crippen LogP contribution in [0.25, 0.3) is 10.6 Å². The zero-order valence-electron chi connectivity index (χ0n) is 13.8. The summed E-state index contributed by atoms with van der Waals surface area (Å²) in [5.74, 6) is -0.346. The molecule has 7 heteroatoms. The lowest BCUT2D eigenvalue weighted by Gasteiger charge is -2.08. The summed E-state index contributed by atoms with van der Waals surface area (Å²) in [6.07, 6.45) is 3.54. The van der Waals surface area contributed by atoms with Crippen LogP contribution in [-0.2, 0) is 6.54 Å². The molecule has 0 saturated carbocycles. The molecular weight excluding hydrogens is 336 g/mol. The van der Waals surface area contributed by atoms with Gasteiger partial charge in [-0.1, -0.05) is 25.5 Å². The first kappa shape index (κ1) is 17.0. The number of thiazole rings is 1. The van der Waals surface area contributed by atoms with Crippen LogP contribution < -0.4 is 10.9 Å². The molecule has 0 spiro atoms. The number of nitrogens with one attached hydrogen (secondary N) is 1. The van der Waals surface area contributed by atoms with Gasteiger partial charge in [0, 0.05) is 35.4 Å². The van der Waals surface area contributed by atoms with Crippen molar-refractivity contribution in [3.63, 3.8) is 0 Å². The van der Waals surface area contributed by atoms with Crippen molar-refractivity contribution >= 4 is 22.9 Å². The fraction of sp³-hybridized carbons (Fsp3) is 0.222. The average molecular weight is 354 g/mol. The summed E-state index contributed by atoms with van der Waals surface area (Å²) >= 11 is 1.54. The van der Waals surface area contributed by atoms with E-state index < -0.39 is 0 Å². The van der Waals surface area contributed by atoms with Gasteiger partial charge in [0.05, 0.1) is 0 Å². The number of amides is 1. The van der Waals surface area contributed by atoms with E-state index in [0.29, 0.717) is 12.2 Å². The molecule has 25 heavy (non-hydrogen) atoms. The summed E-state index contributed by atoms with van der Waals surface area (Å²) in [4.78, 5) is 28.5. The van der Waals surface area contributed by atoms with Crippen molar-refractivity contribution in [1.29, 1.82) is 0 Å². The highest BCUT2D eigenvalue weighted by atomic mass is 32.1. The highest BCUT2D eigenvalue weighted by molar-refractivity contribution is 7.13. The number of carbonyl (C=O) groups is 1. The van der Waals surface area contributed by atoms with E-state index >= 15 is 0 Å². The van der Waals surface area contributed by atoms with Gasteiger partial charge in [-0.15, -0.1) is 11.3 Å². The first-order valence-corrected chi connectivity index (χ1v) is 8.95. The van der Waals surface area contributed by atoms with Crippen LogP contribution in [0.4, 0.5) is 5.69 Å². The van der Waals surface area contributed by atoms with E-state index in [-0.39, 0.29) is 17.2 Å². The first-order valence-electron chi connectivity index (χ1n) is 8.07. The molecule has 1 N–H and O–H groups in total. The molecule has 0 fully saturated rings. The second-order valence-corrected chi connectivity index (χ2v) is 6.40. The van der Waals surface area contributed by atoms with E-state index in [1.165, 1.54) is 28.2 Å². The quantitative estimate of drug-likeness (QED) is 0.736. The van der Waals surface area contributed by atoms with Gasteiger partial charge in [0.25, 0.3) is 11.5 Å². The fourth-order valence-corrected chi connectivity index (χ4v) is 2.96. The zero-order chi connectivity index (χ0) is 17.6. The predicted molar refractivity (Wildman–Crippen MR) is 98.9 cm³/mol. The third-order valence-electron chi connectivity index (χ3n) is 3.62. The predicted octanol–water partition coefficient (Wildman–Crippen LogP) is 3.42. The molecule has 0 aliphatic carbocycles. The van der Waals surface area contributed by atoms with Crippen molar-refractivity contribution in [3.05, 3.63) is 64.0 Å². The van der Waals surface area contributed by atoms with Crippen LogP contribution in [-0.4, -0.2) is 20.7 Å². The minimum atomic E-state index is -0.346. The Morgan fingerprint density at radius 2 is 2.16 bits per heavy atom. The summed E-state index contributed by atoms with van der Waals surface area (Å²) in [6, 6.07) is 10.3. The van der Waals surface area contributed by atoms with Gasteiger partial charge in [0.1, 0.15) is 10.7 Å². The van der Waals surface area contributed by atoms with Crippen molar-refractivity contribution < 1.29 is 4.79 Å². The monoisotopic (exact) mass is 354 g/mol. The number of rotatable bonds is 6. The number of unbranched alkanes of at least 4 members (excludes halogenated alkanes) is 1. The largest absolute Gasteiger partial charge is 0.321 e. The van der Waals surface area contributed by atoms with Crippen LogP contribution in [0, 0.1) is 0 Å². The van der Waals surface area contributed by atoms with Crippen LogP contribution >= 0.6 is 11.3 Å². The molecule has 0 bridgehead atoms. The smallest absolute Gasteiger partial charge is 0.276 e. The number of aryl methyl sites for hydroxylation is 1. The Morgan fingerprint density at radius 3 is 2.92 bits per heavy atom. The Morgan fingerprint density at radius 1 is 1.28 bits per heavy atom. The molecule has 0 aliphatic heterocycles. The lowest BCUT2D eigenvalue weighted by molar-refractivity contribution is 0.102. The molecular formula is C18H18N4O2S. The zero-order valence-corrected chi connectivity index (χ0v) is 14.6. The van der Waals surface area contributed by atoms with Crippen LogP contribution in [0.15, 0.2) is 52.8 Å². The average Bonchev–Trinajstić information content (AvgIpc) is 3.16. The van der Waals surface area contributed by atoms with Crippen LogP contribution in [0.5, 0.6) is 0 Å². The van der Waals surface area contributed by atoms with Gasteiger partial charge in [-0.3, -0.25) is 9.59 Å². The molecule has 0 saturated heterocycles. The lowest BCUT2D eigenvalue weighted by atomic mass is 10.2. The third kappa shape index (κ3) is 4.19. The standard InChI is InChI=1S/C18H18N4O2S/c1-2-3-10-22-16(23)8-7-15(21-22)17(24)20-14-6-4-5-13(12-14)18-19-9-11-25-18/h4-9,11-12H,2-3,10H2,1H3,(H,20,24).